The van der Waals surface area contributed by atoms with Gasteiger partial charge in [0.1, 0.15) is 0 Å². The second-order valence-electron chi connectivity index (χ2n) is 8.94. The Morgan fingerprint density at radius 2 is 1.32 bits per heavy atom. The van der Waals surface area contributed by atoms with Crippen LogP contribution in [0.1, 0.15) is 49.9 Å². The maximum absolute atomic E-state index is 2.65. The molecule has 0 aliphatic heterocycles. The summed E-state index contributed by atoms with van der Waals surface area (Å²) in [7, 11) is 0. The van der Waals surface area contributed by atoms with Gasteiger partial charge in [0.15, 0.2) is 0 Å². The van der Waals surface area contributed by atoms with E-state index in [1.165, 1.54) is 22.3 Å². The molecule has 0 amide bonds. The molecule has 2 unspecified atom stereocenters. The van der Waals surface area contributed by atoms with Crippen molar-refractivity contribution < 1.29 is 18.4 Å². The van der Waals surface area contributed by atoms with Crippen molar-refractivity contribution in [2.24, 2.45) is 5.92 Å². The zero-order valence-corrected chi connectivity index (χ0v) is 25.3. The first-order chi connectivity index (χ1) is 13.1. The quantitative estimate of drug-likeness (QED) is 0.366. The third-order valence-electron chi connectivity index (χ3n) is 6.97. The summed E-state index contributed by atoms with van der Waals surface area (Å²) in [5.74, 6) is -1.18. The number of aryl methyl sites for hydroxylation is 3. The maximum Gasteiger partial charge on any atom is -0.147 e. The van der Waals surface area contributed by atoms with E-state index in [2.05, 4.69) is 98.3 Å². The molecule has 0 bridgehead atoms. The number of hydrogen-bond donors (Lipinski definition) is 0. The molecule has 0 saturated carbocycles. The molecule has 3 rings (SSSR count). The van der Waals surface area contributed by atoms with E-state index < -0.39 is 5.94 Å². The molecule has 0 radical (unpaired) electrons. The van der Waals surface area contributed by atoms with Crippen LogP contribution >= 0.6 is 37.2 Å². The fraction of sp³-hybridized carbons (Fsp3) is 0.385. The summed E-state index contributed by atoms with van der Waals surface area (Å²) in [4.78, 5) is 0. The zero-order valence-electron chi connectivity index (χ0n) is 20.3. The van der Waals surface area contributed by atoms with Crippen LogP contribution in [0, 0.1) is 33.6 Å². The zero-order chi connectivity index (χ0) is 20.8. The normalized spacial score (nSPS) is 17.4. The van der Waals surface area contributed by atoms with Crippen LogP contribution in [0.2, 0.25) is 6.55 Å². The van der Waals surface area contributed by atoms with Crippen LogP contribution in [-0.2, 0) is 18.4 Å². The molecule has 1 aliphatic rings. The Bertz CT molecular complexity index is 989. The molecule has 0 heterocycles. The second-order valence-corrected chi connectivity index (χ2v) is 19.3. The van der Waals surface area contributed by atoms with Gasteiger partial charge in [0.25, 0.3) is 0 Å². The summed E-state index contributed by atoms with van der Waals surface area (Å²) in [6.45, 7) is 21.3. The predicted molar refractivity (Wildman–Crippen MR) is 145 cm³/mol. The third-order valence-corrected chi connectivity index (χ3v) is 18.3. The predicted octanol–water partition coefficient (Wildman–Crippen LogP) is 7.22. The Morgan fingerprint density at radius 1 is 0.774 bits per heavy atom. The number of halogens is 3. The standard InChI is InChI=1S/C17H21Si.C9H13.3ClH.Ti/c1-12-9-13(2)11-16(10-12)18(5)17-8-6-7-14(3)15(17)4;1-6-5-7(2)9(4)8(6)3;;;;/h6-11H,1-5H3;6H,1-4H3;3*1H;. The first kappa shape index (κ1) is 30.7. The van der Waals surface area contributed by atoms with Gasteiger partial charge < -0.3 is 0 Å². The van der Waals surface area contributed by atoms with Crippen LogP contribution in [-0.4, -0.2) is 5.94 Å². The van der Waals surface area contributed by atoms with Crippen molar-refractivity contribution in [1.29, 1.82) is 0 Å². The summed E-state index contributed by atoms with van der Waals surface area (Å²) in [6.07, 6.45) is 0. The van der Waals surface area contributed by atoms with Gasteiger partial charge in [-0.05, 0) is 0 Å². The van der Waals surface area contributed by atoms with Crippen molar-refractivity contribution in [3.63, 3.8) is 0 Å². The molecule has 170 valence electrons. The Morgan fingerprint density at radius 3 is 1.81 bits per heavy atom. The molecular formula is C26H37Cl3SiTi. The van der Waals surface area contributed by atoms with Gasteiger partial charge in [0.2, 0.25) is 0 Å². The van der Waals surface area contributed by atoms with Gasteiger partial charge >= 0.3 is 182 Å². The van der Waals surface area contributed by atoms with Crippen molar-refractivity contribution in [1.82, 2.24) is 0 Å². The van der Waals surface area contributed by atoms with Crippen molar-refractivity contribution in [2.45, 2.75) is 61.9 Å². The third kappa shape index (κ3) is 5.81. The number of hydrogen-bond acceptors (Lipinski definition) is 0. The van der Waals surface area contributed by atoms with Crippen LogP contribution in [0.4, 0.5) is 0 Å². The SMILES string of the molecule is CC1=C(C)C(C)[C]([Ti][Si](C)(c2cc(C)cc(C)c2)c2cccc(C)c2C)=C1C.Cl.Cl.Cl. The molecule has 5 heteroatoms. The molecule has 1 aliphatic carbocycles. The molecule has 0 nitrogen and oxygen atoms in total. The van der Waals surface area contributed by atoms with E-state index >= 15 is 0 Å². The summed E-state index contributed by atoms with van der Waals surface area (Å²) < 4.78 is 1.80. The molecule has 0 spiro atoms. The molecule has 31 heavy (non-hydrogen) atoms. The van der Waals surface area contributed by atoms with Crippen LogP contribution in [0.5, 0.6) is 0 Å². The van der Waals surface area contributed by atoms with E-state index in [9.17, 15) is 0 Å². The Kier molecular flexibility index (Phi) is 11.6. The second kappa shape index (κ2) is 11.7. The van der Waals surface area contributed by atoms with E-state index in [1.54, 1.807) is 31.0 Å². The van der Waals surface area contributed by atoms with Gasteiger partial charge in [0, 0.05) is 0 Å². The molecule has 2 aromatic rings. The molecular weight excluding hydrogens is 495 g/mol. The summed E-state index contributed by atoms with van der Waals surface area (Å²) in [5, 5.41) is 3.29. The number of benzene rings is 2. The summed E-state index contributed by atoms with van der Waals surface area (Å²) in [5.41, 5.74) is 10.5. The molecule has 2 atom stereocenters. The minimum absolute atomic E-state index is 0. The number of rotatable bonds is 4. The largest absolute Gasteiger partial charge is 0.147 e. The molecule has 0 aromatic heterocycles. The smallest absolute Gasteiger partial charge is 0.147 e. The maximum atomic E-state index is 2.65. The molecule has 0 N–H and O–H groups in total. The van der Waals surface area contributed by atoms with Gasteiger partial charge in [-0.15, -0.1) is 37.2 Å². The van der Waals surface area contributed by atoms with Gasteiger partial charge in [-0.2, -0.15) is 0 Å². The first-order valence-electron chi connectivity index (χ1n) is 10.4. The summed E-state index contributed by atoms with van der Waals surface area (Å²) >= 11 is -0.277. The van der Waals surface area contributed by atoms with Crippen molar-refractivity contribution in [3.8, 4) is 0 Å². The Balaban J connectivity index is 0.00000300. The van der Waals surface area contributed by atoms with Crippen LogP contribution in [0.25, 0.3) is 0 Å². The van der Waals surface area contributed by atoms with E-state index in [0.717, 1.165) is 0 Å². The van der Waals surface area contributed by atoms with Crippen molar-refractivity contribution >= 4 is 53.5 Å². The van der Waals surface area contributed by atoms with Gasteiger partial charge in [-0.3, -0.25) is 0 Å². The van der Waals surface area contributed by atoms with Crippen LogP contribution in [0.15, 0.2) is 57.0 Å². The van der Waals surface area contributed by atoms with E-state index in [-0.39, 0.29) is 55.6 Å². The van der Waals surface area contributed by atoms with Crippen molar-refractivity contribution in [3.05, 3.63) is 79.2 Å². The van der Waals surface area contributed by atoms with E-state index in [4.69, 9.17) is 0 Å². The van der Waals surface area contributed by atoms with Crippen molar-refractivity contribution in [2.75, 3.05) is 0 Å². The van der Waals surface area contributed by atoms with E-state index in [0.29, 0.717) is 5.92 Å². The first-order valence-corrected chi connectivity index (χ1v) is 16.0. The average Bonchev–Trinajstić information content (AvgIpc) is 2.81. The van der Waals surface area contributed by atoms with Crippen LogP contribution in [0.3, 0.4) is 0 Å². The average molecular weight is 532 g/mol. The summed E-state index contributed by atoms with van der Waals surface area (Å²) in [6, 6.07) is 14.3. The molecule has 0 fully saturated rings. The minimum atomic E-state index is -1.81. The Labute approximate surface area is 217 Å². The fourth-order valence-corrected chi connectivity index (χ4v) is 16.9. The Hall–Kier alpha value is -0.279. The topological polar surface area (TPSA) is 0 Å². The minimum Gasteiger partial charge on any atom is -0.147 e. The van der Waals surface area contributed by atoms with E-state index in [1.807, 2.05) is 0 Å². The molecule has 2 aromatic carbocycles. The van der Waals surface area contributed by atoms with Gasteiger partial charge in [-0.1, -0.05) is 0 Å². The number of allylic oxidation sites excluding steroid dienone is 4. The monoisotopic (exact) mass is 530 g/mol. The fourth-order valence-electron chi connectivity index (χ4n) is 4.69. The van der Waals surface area contributed by atoms with Gasteiger partial charge in [-0.25, -0.2) is 0 Å². The van der Waals surface area contributed by atoms with Crippen LogP contribution < -0.4 is 10.4 Å². The van der Waals surface area contributed by atoms with Gasteiger partial charge in [0.05, 0.1) is 0 Å². The molecule has 0 saturated heterocycles.